The highest BCUT2D eigenvalue weighted by molar-refractivity contribution is 7.90. The molecule has 6 nitrogen and oxygen atoms in total. The summed E-state index contributed by atoms with van der Waals surface area (Å²) in [6.45, 7) is 0. The fourth-order valence-corrected chi connectivity index (χ4v) is 3.37. The average molecular weight is 315 g/mol. The van der Waals surface area contributed by atoms with E-state index in [4.69, 9.17) is 0 Å². The maximum atomic E-state index is 12.0. The van der Waals surface area contributed by atoms with Crippen molar-refractivity contribution in [3.63, 3.8) is 0 Å². The summed E-state index contributed by atoms with van der Waals surface area (Å²) in [5, 5.41) is 15.0. The van der Waals surface area contributed by atoms with Gasteiger partial charge in [-0.05, 0) is 29.8 Å². The Morgan fingerprint density at radius 1 is 1.18 bits per heavy atom. The molecule has 1 aliphatic rings. The largest absolute Gasteiger partial charge is 0.508 e. The number of phenolic OH excluding ortho intramolecular Hbond substituents is 1. The molecule has 0 spiro atoms. The number of hydrogen-bond acceptors (Lipinski definition) is 5. The van der Waals surface area contributed by atoms with Crippen LogP contribution in [-0.4, -0.2) is 37.6 Å². The zero-order valence-corrected chi connectivity index (χ0v) is 12.5. The van der Waals surface area contributed by atoms with Crippen LogP contribution in [0, 0.1) is 0 Å². The molecule has 3 rings (SSSR count). The molecule has 0 aliphatic carbocycles. The van der Waals surface area contributed by atoms with E-state index in [0.29, 0.717) is 11.1 Å². The monoisotopic (exact) mass is 315 g/mol. The predicted octanol–water partition coefficient (Wildman–Crippen LogP) is 1.81. The fraction of sp³-hybridized carbons (Fsp3) is 0.0667. The molecule has 0 fully saturated rings. The third-order valence-electron chi connectivity index (χ3n) is 3.17. The Morgan fingerprint density at radius 2 is 1.95 bits per heavy atom. The summed E-state index contributed by atoms with van der Waals surface area (Å²) in [6, 6.07) is 13.2. The average Bonchev–Trinajstić information content (AvgIpc) is 2.77. The number of rotatable bonds is 2. The Balaban J connectivity index is 1.92. The molecule has 0 unspecified atom stereocenters. The SMILES string of the molecule is CN(/N=C\c1cccc(O)c1)C1=NS(=O)(=O)c2ccccc21. The van der Waals surface area contributed by atoms with E-state index >= 15 is 0 Å². The molecule has 0 saturated heterocycles. The van der Waals surface area contributed by atoms with E-state index in [2.05, 4.69) is 9.50 Å². The Kier molecular flexibility index (Phi) is 3.42. The van der Waals surface area contributed by atoms with Crippen molar-refractivity contribution in [2.24, 2.45) is 9.50 Å². The molecular formula is C15H13N3O3S. The maximum Gasteiger partial charge on any atom is 0.285 e. The van der Waals surface area contributed by atoms with Crippen LogP contribution in [0.1, 0.15) is 11.1 Å². The predicted molar refractivity (Wildman–Crippen MR) is 83.6 cm³/mol. The summed E-state index contributed by atoms with van der Waals surface area (Å²) in [5.74, 6) is 0.407. The summed E-state index contributed by atoms with van der Waals surface area (Å²) in [6.07, 6.45) is 1.52. The van der Waals surface area contributed by atoms with E-state index in [1.807, 2.05) is 0 Å². The molecule has 22 heavy (non-hydrogen) atoms. The fourth-order valence-electron chi connectivity index (χ4n) is 2.13. The van der Waals surface area contributed by atoms with E-state index < -0.39 is 10.0 Å². The van der Waals surface area contributed by atoms with Crippen molar-refractivity contribution < 1.29 is 13.5 Å². The van der Waals surface area contributed by atoms with Crippen molar-refractivity contribution in [2.45, 2.75) is 4.90 Å². The highest BCUT2D eigenvalue weighted by atomic mass is 32.2. The van der Waals surface area contributed by atoms with Crippen LogP contribution in [-0.2, 0) is 10.0 Å². The molecule has 2 aromatic carbocycles. The summed E-state index contributed by atoms with van der Waals surface area (Å²) in [5.41, 5.74) is 1.22. The van der Waals surface area contributed by atoms with Crippen molar-refractivity contribution in [3.8, 4) is 5.75 Å². The van der Waals surface area contributed by atoms with Gasteiger partial charge in [0.2, 0.25) is 0 Å². The molecule has 2 aromatic rings. The zero-order chi connectivity index (χ0) is 15.7. The van der Waals surface area contributed by atoms with Gasteiger partial charge in [-0.1, -0.05) is 24.3 Å². The van der Waals surface area contributed by atoms with Crippen LogP contribution in [0.15, 0.2) is 62.9 Å². The topological polar surface area (TPSA) is 82.3 Å². The Labute approximate surface area is 128 Å². The van der Waals surface area contributed by atoms with Crippen LogP contribution < -0.4 is 0 Å². The molecule has 7 heteroatoms. The minimum atomic E-state index is -3.66. The van der Waals surface area contributed by atoms with Crippen molar-refractivity contribution in [2.75, 3.05) is 7.05 Å². The molecule has 0 radical (unpaired) electrons. The Hall–Kier alpha value is -2.67. The number of nitrogens with zero attached hydrogens (tertiary/aromatic N) is 3. The third kappa shape index (κ3) is 2.58. The van der Waals surface area contributed by atoms with Gasteiger partial charge in [-0.3, -0.25) is 0 Å². The number of sulfonamides is 1. The number of aromatic hydroxyl groups is 1. The smallest absolute Gasteiger partial charge is 0.285 e. The van der Waals surface area contributed by atoms with Crippen LogP contribution in [0.2, 0.25) is 0 Å². The number of hydrazone groups is 1. The van der Waals surface area contributed by atoms with E-state index in [-0.39, 0.29) is 16.5 Å². The lowest BCUT2D eigenvalue weighted by atomic mass is 10.2. The highest BCUT2D eigenvalue weighted by Crippen LogP contribution is 2.26. The molecule has 0 saturated carbocycles. The second-order valence-electron chi connectivity index (χ2n) is 4.75. The first-order chi connectivity index (χ1) is 10.5. The number of phenols is 1. The standard InChI is InChI=1S/C15H13N3O3S/c1-18(16-10-11-5-4-6-12(19)9-11)15-13-7-2-3-8-14(13)22(20,21)17-15/h2-10,19H,1H3/b16-10-. The van der Waals surface area contributed by atoms with Gasteiger partial charge >= 0.3 is 0 Å². The van der Waals surface area contributed by atoms with Crippen LogP contribution in [0.4, 0.5) is 0 Å². The van der Waals surface area contributed by atoms with Crippen LogP contribution in [0.3, 0.4) is 0 Å². The molecule has 0 bridgehead atoms. The first-order valence-electron chi connectivity index (χ1n) is 6.48. The van der Waals surface area contributed by atoms with Crippen LogP contribution in [0.25, 0.3) is 0 Å². The molecule has 0 atom stereocenters. The van der Waals surface area contributed by atoms with E-state index in [9.17, 15) is 13.5 Å². The number of benzene rings is 2. The van der Waals surface area contributed by atoms with Crippen LogP contribution >= 0.6 is 0 Å². The van der Waals surface area contributed by atoms with Gasteiger partial charge in [-0.2, -0.15) is 13.5 Å². The van der Waals surface area contributed by atoms with E-state index in [1.54, 1.807) is 49.5 Å². The van der Waals surface area contributed by atoms with Crippen molar-refractivity contribution in [3.05, 3.63) is 59.7 Å². The number of fused-ring (bicyclic) bond motifs is 1. The molecule has 1 aliphatic heterocycles. The van der Waals surface area contributed by atoms with Gasteiger partial charge in [0.25, 0.3) is 10.0 Å². The normalized spacial score (nSPS) is 15.6. The van der Waals surface area contributed by atoms with E-state index in [0.717, 1.165) is 0 Å². The first-order valence-corrected chi connectivity index (χ1v) is 7.92. The minimum Gasteiger partial charge on any atom is -0.508 e. The van der Waals surface area contributed by atoms with Crippen molar-refractivity contribution in [1.82, 2.24) is 5.01 Å². The minimum absolute atomic E-state index is 0.137. The molecule has 112 valence electrons. The number of amidine groups is 1. The van der Waals surface area contributed by atoms with Gasteiger partial charge in [0.15, 0.2) is 5.84 Å². The summed E-state index contributed by atoms with van der Waals surface area (Å²) in [4.78, 5) is 0.185. The highest BCUT2D eigenvalue weighted by Gasteiger charge is 2.30. The number of hydrogen-bond donors (Lipinski definition) is 1. The van der Waals surface area contributed by atoms with Gasteiger partial charge in [0.1, 0.15) is 10.6 Å². The molecule has 0 aromatic heterocycles. The lowest BCUT2D eigenvalue weighted by Gasteiger charge is -2.12. The lowest BCUT2D eigenvalue weighted by Crippen LogP contribution is -2.21. The van der Waals surface area contributed by atoms with Crippen LogP contribution in [0.5, 0.6) is 5.75 Å². The molecule has 1 heterocycles. The van der Waals surface area contributed by atoms with Gasteiger partial charge in [-0.25, -0.2) is 5.01 Å². The maximum absolute atomic E-state index is 12.0. The lowest BCUT2D eigenvalue weighted by molar-refractivity contribution is 0.475. The van der Waals surface area contributed by atoms with E-state index in [1.165, 1.54) is 17.3 Å². The van der Waals surface area contributed by atoms with Crippen molar-refractivity contribution >= 4 is 22.1 Å². The van der Waals surface area contributed by atoms with Gasteiger partial charge in [0.05, 0.1) is 6.21 Å². The Bertz CT molecular complexity index is 888. The third-order valence-corrected chi connectivity index (χ3v) is 4.49. The molecular weight excluding hydrogens is 302 g/mol. The quantitative estimate of drug-likeness (QED) is 0.677. The Morgan fingerprint density at radius 3 is 2.73 bits per heavy atom. The molecule has 0 amide bonds. The van der Waals surface area contributed by atoms with Crippen molar-refractivity contribution in [1.29, 1.82) is 0 Å². The first kappa shape index (κ1) is 14.3. The summed E-state index contributed by atoms with van der Waals surface area (Å²) < 4.78 is 27.7. The zero-order valence-electron chi connectivity index (χ0n) is 11.7. The van der Waals surface area contributed by atoms with Gasteiger partial charge in [0, 0.05) is 12.6 Å². The second kappa shape index (κ2) is 5.27. The summed E-state index contributed by atoms with van der Waals surface area (Å²) >= 11 is 0. The molecule has 1 N–H and O–H groups in total. The second-order valence-corrected chi connectivity index (χ2v) is 6.32. The van der Waals surface area contributed by atoms with Gasteiger partial charge in [-0.15, -0.1) is 4.40 Å². The van der Waals surface area contributed by atoms with Gasteiger partial charge < -0.3 is 5.11 Å². The summed E-state index contributed by atoms with van der Waals surface area (Å²) in [7, 11) is -2.04.